The second kappa shape index (κ2) is 2.82. The Morgan fingerprint density at radius 2 is 2.00 bits per heavy atom. The van der Waals surface area contributed by atoms with Gasteiger partial charge in [-0.1, -0.05) is 19.9 Å². The lowest BCUT2D eigenvalue weighted by atomic mass is 10.0. The lowest BCUT2D eigenvalue weighted by Crippen LogP contribution is -1.95. The topological polar surface area (TPSA) is 46.2 Å². The molecule has 11 heavy (non-hydrogen) atoms. The monoisotopic (exact) mass is 151 g/mol. The summed E-state index contributed by atoms with van der Waals surface area (Å²) in [5.41, 5.74) is 7.17. The van der Waals surface area contributed by atoms with Crippen LogP contribution in [0.2, 0.25) is 0 Å². The molecule has 0 fully saturated rings. The zero-order valence-corrected chi connectivity index (χ0v) is 6.83. The molecule has 0 amide bonds. The molecule has 1 aromatic carbocycles. The molecule has 2 nitrogen and oxygen atoms in total. The Morgan fingerprint density at radius 1 is 1.36 bits per heavy atom. The molecule has 0 spiro atoms. The third-order valence-corrected chi connectivity index (χ3v) is 1.69. The molecule has 0 bridgehead atoms. The first-order chi connectivity index (χ1) is 5.13. The predicted molar refractivity (Wildman–Crippen MR) is 46.6 cm³/mol. The molecule has 2 heteroatoms. The van der Waals surface area contributed by atoms with E-state index in [-0.39, 0.29) is 5.92 Å². The predicted octanol–water partition coefficient (Wildman–Crippen LogP) is 2.10. The number of hydrogen-bond donors (Lipinski definition) is 2. The van der Waals surface area contributed by atoms with E-state index in [9.17, 15) is 5.11 Å². The van der Waals surface area contributed by atoms with E-state index in [0.717, 1.165) is 5.56 Å². The molecule has 0 aliphatic rings. The molecule has 1 rings (SSSR count). The van der Waals surface area contributed by atoms with Gasteiger partial charge >= 0.3 is 0 Å². The number of anilines is 1. The van der Waals surface area contributed by atoms with Crippen LogP contribution in [0, 0.1) is 0 Å². The molecule has 0 heterocycles. The van der Waals surface area contributed by atoms with Crippen LogP contribution < -0.4 is 5.73 Å². The van der Waals surface area contributed by atoms with Crippen molar-refractivity contribution in [1.29, 1.82) is 0 Å². The van der Waals surface area contributed by atoms with Crippen LogP contribution in [0.3, 0.4) is 0 Å². The summed E-state index contributed by atoms with van der Waals surface area (Å²) in [7, 11) is 0. The van der Waals surface area contributed by atoms with Crippen LogP contribution in [-0.2, 0) is 0 Å². The van der Waals surface area contributed by atoms with Crippen LogP contribution in [0.1, 0.15) is 25.3 Å². The number of benzene rings is 1. The van der Waals surface area contributed by atoms with Gasteiger partial charge < -0.3 is 10.8 Å². The van der Waals surface area contributed by atoms with Crippen LogP contribution in [0.4, 0.5) is 5.69 Å². The number of phenolic OH excluding ortho intramolecular Hbond substituents is 1. The van der Waals surface area contributed by atoms with Gasteiger partial charge in [0.25, 0.3) is 0 Å². The third kappa shape index (κ3) is 1.45. The average Bonchev–Trinajstić information content (AvgIpc) is 1.85. The number of hydrogen-bond acceptors (Lipinski definition) is 2. The highest BCUT2D eigenvalue weighted by Crippen LogP contribution is 2.29. The number of phenols is 1. The van der Waals surface area contributed by atoms with Gasteiger partial charge in [-0.15, -0.1) is 0 Å². The minimum absolute atomic E-state index is 0.274. The van der Waals surface area contributed by atoms with Crippen molar-refractivity contribution in [3.05, 3.63) is 23.8 Å². The van der Waals surface area contributed by atoms with Crippen LogP contribution in [0.15, 0.2) is 18.2 Å². The molecule has 60 valence electrons. The highest BCUT2D eigenvalue weighted by Gasteiger charge is 2.07. The van der Waals surface area contributed by atoms with Gasteiger partial charge in [-0.2, -0.15) is 0 Å². The summed E-state index contributed by atoms with van der Waals surface area (Å²) in [6.07, 6.45) is 0. The molecule has 3 N–H and O–H groups in total. The number of nitrogens with two attached hydrogens (primary N) is 1. The van der Waals surface area contributed by atoms with Crippen LogP contribution >= 0.6 is 0 Å². The van der Waals surface area contributed by atoms with Crippen molar-refractivity contribution in [2.45, 2.75) is 19.8 Å². The van der Waals surface area contributed by atoms with Gasteiger partial charge in [-0.05, 0) is 18.1 Å². The third-order valence-electron chi connectivity index (χ3n) is 1.69. The zero-order chi connectivity index (χ0) is 8.43. The maximum Gasteiger partial charge on any atom is 0.121 e. The highest BCUT2D eigenvalue weighted by atomic mass is 16.3. The van der Waals surface area contributed by atoms with E-state index in [1.165, 1.54) is 0 Å². The fourth-order valence-corrected chi connectivity index (χ4v) is 1.20. The van der Waals surface area contributed by atoms with E-state index >= 15 is 0 Å². The van der Waals surface area contributed by atoms with E-state index in [2.05, 4.69) is 0 Å². The summed E-state index contributed by atoms with van der Waals surface area (Å²) in [4.78, 5) is 0. The Bertz CT molecular complexity index is 235. The van der Waals surface area contributed by atoms with Crippen LogP contribution in [0.25, 0.3) is 0 Å². The van der Waals surface area contributed by atoms with Gasteiger partial charge in [0.2, 0.25) is 0 Å². The van der Waals surface area contributed by atoms with Gasteiger partial charge in [-0.25, -0.2) is 0 Å². The van der Waals surface area contributed by atoms with Crippen molar-refractivity contribution in [3.63, 3.8) is 0 Å². The Morgan fingerprint density at radius 3 is 2.36 bits per heavy atom. The second-order valence-corrected chi connectivity index (χ2v) is 2.93. The first-order valence-electron chi connectivity index (χ1n) is 3.70. The Balaban J connectivity index is 3.21. The molecule has 0 aromatic heterocycles. The first-order valence-corrected chi connectivity index (χ1v) is 3.70. The summed E-state index contributed by atoms with van der Waals surface area (Å²) < 4.78 is 0. The van der Waals surface area contributed by atoms with Gasteiger partial charge in [0, 0.05) is 11.3 Å². The highest BCUT2D eigenvalue weighted by molar-refractivity contribution is 5.55. The molecule has 0 aliphatic carbocycles. The molecule has 1 aromatic rings. The maximum atomic E-state index is 9.38. The van der Waals surface area contributed by atoms with Crippen molar-refractivity contribution in [2.24, 2.45) is 0 Å². The Labute approximate surface area is 66.7 Å². The molecule has 0 unspecified atom stereocenters. The van der Waals surface area contributed by atoms with Crippen LogP contribution in [-0.4, -0.2) is 5.11 Å². The van der Waals surface area contributed by atoms with E-state index in [1.807, 2.05) is 13.8 Å². The van der Waals surface area contributed by atoms with Crippen molar-refractivity contribution in [2.75, 3.05) is 5.73 Å². The molecule has 0 radical (unpaired) electrons. The molecular formula is C9H13NO. The summed E-state index contributed by atoms with van der Waals surface area (Å²) in [5, 5.41) is 9.38. The van der Waals surface area contributed by atoms with E-state index < -0.39 is 0 Å². The van der Waals surface area contributed by atoms with E-state index in [0.29, 0.717) is 11.4 Å². The van der Waals surface area contributed by atoms with Gasteiger partial charge in [0.15, 0.2) is 0 Å². The van der Waals surface area contributed by atoms with Crippen LogP contribution in [0.5, 0.6) is 5.75 Å². The Kier molecular flexibility index (Phi) is 2.03. The zero-order valence-electron chi connectivity index (χ0n) is 6.83. The van der Waals surface area contributed by atoms with Crippen molar-refractivity contribution in [1.82, 2.24) is 0 Å². The van der Waals surface area contributed by atoms with E-state index in [4.69, 9.17) is 5.73 Å². The number of aromatic hydroxyl groups is 1. The fraction of sp³-hybridized carbons (Fsp3) is 0.333. The molecular weight excluding hydrogens is 138 g/mol. The SMILES string of the molecule is CC(C)c1c(N)cccc1O. The van der Waals surface area contributed by atoms with Crippen molar-refractivity contribution in [3.8, 4) is 5.75 Å². The fourth-order valence-electron chi connectivity index (χ4n) is 1.20. The molecule has 0 atom stereocenters. The molecule has 0 saturated heterocycles. The van der Waals surface area contributed by atoms with Crippen molar-refractivity contribution >= 4 is 5.69 Å². The minimum atomic E-state index is 0.274. The number of nitrogen functional groups attached to an aromatic ring is 1. The smallest absolute Gasteiger partial charge is 0.121 e. The number of rotatable bonds is 1. The molecule has 0 aliphatic heterocycles. The summed E-state index contributed by atoms with van der Waals surface area (Å²) in [6, 6.07) is 5.21. The summed E-state index contributed by atoms with van der Waals surface area (Å²) in [6.45, 7) is 4.01. The Hall–Kier alpha value is -1.18. The normalized spacial score (nSPS) is 10.5. The van der Waals surface area contributed by atoms with Crippen molar-refractivity contribution < 1.29 is 5.11 Å². The summed E-state index contributed by atoms with van der Waals surface area (Å²) >= 11 is 0. The maximum absolute atomic E-state index is 9.38. The lowest BCUT2D eigenvalue weighted by Gasteiger charge is -2.10. The lowest BCUT2D eigenvalue weighted by molar-refractivity contribution is 0.465. The van der Waals surface area contributed by atoms with Gasteiger partial charge in [0.05, 0.1) is 0 Å². The summed E-state index contributed by atoms with van der Waals surface area (Å²) in [5.74, 6) is 0.566. The first kappa shape index (κ1) is 7.92. The van der Waals surface area contributed by atoms with Gasteiger partial charge in [-0.3, -0.25) is 0 Å². The van der Waals surface area contributed by atoms with Gasteiger partial charge in [0.1, 0.15) is 5.75 Å². The van der Waals surface area contributed by atoms with E-state index in [1.54, 1.807) is 18.2 Å². The standard InChI is InChI=1S/C9H13NO/c1-6(2)9-7(10)4-3-5-8(9)11/h3-6,11H,10H2,1-2H3. The average molecular weight is 151 g/mol. The molecule has 0 saturated carbocycles. The largest absolute Gasteiger partial charge is 0.508 e. The quantitative estimate of drug-likeness (QED) is 0.604. The minimum Gasteiger partial charge on any atom is -0.508 e. The second-order valence-electron chi connectivity index (χ2n) is 2.93.